The molecule has 0 unspecified atom stereocenters. The maximum Gasteiger partial charge on any atom is 0.261 e. The molecule has 0 bridgehead atoms. The number of halogens is 2. The average molecular weight is 542 g/mol. The van der Waals surface area contributed by atoms with Crippen LogP contribution in [0.3, 0.4) is 0 Å². The van der Waals surface area contributed by atoms with Crippen molar-refractivity contribution in [3.05, 3.63) is 112 Å². The lowest BCUT2D eigenvalue weighted by atomic mass is 9.91. The number of rotatable bonds is 6. The van der Waals surface area contributed by atoms with Crippen LogP contribution in [-0.4, -0.2) is 33.6 Å². The molecule has 6 rings (SSSR count). The lowest BCUT2D eigenvalue weighted by Crippen LogP contribution is -2.26. The second-order valence-electron chi connectivity index (χ2n) is 9.63. The van der Waals surface area contributed by atoms with Crippen LogP contribution < -0.4 is 20.9 Å². The molecule has 1 amide bonds. The molecule has 40 heavy (non-hydrogen) atoms. The van der Waals surface area contributed by atoms with E-state index >= 15 is 4.39 Å². The van der Waals surface area contributed by atoms with Gasteiger partial charge in [-0.2, -0.15) is 5.10 Å². The summed E-state index contributed by atoms with van der Waals surface area (Å²) in [6.07, 6.45) is 7.03. The number of benzene rings is 2. The van der Waals surface area contributed by atoms with Crippen molar-refractivity contribution in [3.63, 3.8) is 0 Å². The fourth-order valence-electron chi connectivity index (χ4n) is 5.02. The Labute approximate surface area is 227 Å². The molecule has 0 aliphatic carbocycles. The van der Waals surface area contributed by atoms with E-state index < -0.39 is 23.1 Å². The minimum atomic E-state index is -0.732. The summed E-state index contributed by atoms with van der Waals surface area (Å²) in [6, 6.07) is 14.8. The number of hydrogen-bond donors (Lipinski definition) is 3. The lowest BCUT2D eigenvalue weighted by molar-refractivity contribution is 0.102. The first-order valence-electron chi connectivity index (χ1n) is 12.9. The Morgan fingerprint density at radius 2 is 1.80 bits per heavy atom. The number of nitrogens with zero attached hydrogens (tertiary/aromatic N) is 2. The van der Waals surface area contributed by atoms with E-state index in [-0.39, 0.29) is 17.0 Å². The number of pyridine rings is 2. The van der Waals surface area contributed by atoms with Crippen LogP contribution in [0.1, 0.15) is 34.7 Å². The summed E-state index contributed by atoms with van der Waals surface area (Å²) < 4.78 is 36.4. The summed E-state index contributed by atoms with van der Waals surface area (Å²) in [4.78, 5) is 28.2. The first kappa shape index (κ1) is 25.4. The molecule has 0 radical (unpaired) electrons. The number of H-pyrrole nitrogens is 1. The number of nitrogens with one attached hydrogen (secondary N) is 3. The molecule has 202 valence electrons. The average Bonchev–Trinajstić information content (AvgIpc) is 3.44. The first-order valence-corrected chi connectivity index (χ1v) is 12.9. The first-order chi connectivity index (χ1) is 19.5. The molecule has 3 aromatic heterocycles. The van der Waals surface area contributed by atoms with Gasteiger partial charge in [-0.25, -0.2) is 13.3 Å². The molecule has 10 heteroatoms. The minimum absolute atomic E-state index is 0.0203. The van der Waals surface area contributed by atoms with Crippen LogP contribution in [0.2, 0.25) is 0 Å². The molecule has 4 heterocycles. The third-order valence-corrected chi connectivity index (χ3v) is 7.06. The predicted molar refractivity (Wildman–Crippen MR) is 147 cm³/mol. The molecule has 5 aromatic rings. The van der Waals surface area contributed by atoms with E-state index in [1.54, 1.807) is 22.8 Å². The normalized spacial score (nSPS) is 13.8. The van der Waals surface area contributed by atoms with Crippen LogP contribution >= 0.6 is 0 Å². The number of carbonyl (C=O) groups is 1. The van der Waals surface area contributed by atoms with Gasteiger partial charge in [-0.15, -0.1) is 0 Å². The highest BCUT2D eigenvalue weighted by Gasteiger charge is 2.20. The molecule has 1 aliphatic heterocycles. The summed E-state index contributed by atoms with van der Waals surface area (Å²) in [5, 5.41) is 10.3. The van der Waals surface area contributed by atoms with E-state index in [0.717, 1.165) is 37.6 Å². The van der Waals surface area contributed by atoms with Crippen LogP contribution in [0, 0.1) is 11.6 Å². The van der Waals surface area contributed by atoms with Crippen molar-refractivity contribution in [2.24, 2.45) is 0 Å². The van der Waals surface area contributed by atoms with E-state index in [1.807, 2.05) is 12.3 Å². The molecule has 0 atom stereocenters. The highest BCUT2D eigenvalue weighted by molar-refractivity contribution is 6.08. The number of piperidine rings is 1. The minimum Gasteiger partial charge on any atom is -0.452 e. The Kier molecular flexibility index (Phi) is 6.83. The van der Waals surface area contributed by atoms with Gasteiger partial charge in [0.1, 0.15) is 16.9 Å². The third-order valence-electron chi connectivity index (χ3n) is 7.06. The van der Waals surface area contributed by atoms with Crippen molar-refractivity contribution in [2.45, 2.75) is 18.8 Å². The van der Waals surface area contributed by atoms with Crippen molar-refractivity contribution in [1.29, 1.82) is 0 Å². The second kappa shape index (κ2) is 10.7. The van der Waals surface area contributed by atoms with Crippen molar-refractivity contribution in [3.8, 4) is 22.6 Å². The van der Waals surface area contributed by atoms with E-state index in [0.29, 0.717) is 28.3 Å². The van der Waals surface area contributed by atoms with Gasteiger partial charge in [0, 0.05) is 29.7 Å². The number of amides is 1. The Morgan fingerprint density at radius 3 is 2.58 bits per heavy atom. The molecular weight excluding hydrogens is 516 g/mol. The molecule has 1 saturated heterocycles. The number of anilines is 1. The van der Waals surface area contributed by atoms with Gasteiger partial charge in [-0.3, -0.25) is 9.59 Å². The zero-order valence-electron chi connectivity index (χ0n) is 21.3. The highest BCUT2D eigenvalue weighted by Crippen LogP contribution is 2.34. The number of ether oxygens (including phenoxy) is 1. The number of carbonyl (C=O) groups excluding carboxylic acids is 1. The Bertz CT molecular complexity index is 1760. The summed E-state index contributed by atoms with van der Waals surface area (Å²) in [7, 11) is 0. The largest absolute Gasteiger partial charge is 0.452 e. The topological polar surface area (TPSA) is 101 Å². The van der Waals surface area contributed by atoms with E-state index in [4.69, 9.17) is 4.74 Å². The highest BCUT2D eigenvalue weighted by atomic mass is 19.1. The van der Waals surface area contributed by atoms with Gasteiger partial charge in [0.25, 0.3) is 11.5 Å². The Hall–Kier alpha value is -4.83. The summed E-state index contributed by atoms with van der Waals surface area (Å²) >= 11 is 0. The second-order valence-corrected chi connectivity index (χ2v) is 9.63. The van der Waals surface area contributed by atoms with Gasteiger partial charge in [0.15, 0.2) is 17.3 Å². The third kappa shape index (κ3) is 5.08. The molecule has 0 spiro atoms. The summed E-state index contributed by atoms with van der Waals surface area (Å²) in [5.41, 5.74) is 1.92. The fourth-order valence-corrected chi connectivity index (χ4v) is 5.02. The van der Waals surface area contributed by atoms with Crippen LogP contribution in [0.5, 0.6) is 11.5 Å². The van der Waals surface area contributed by atoms with E-state index in [9.17, 15) is 14.0 Å². The fraction of sp³-hybridized carbons (Fsp3) is 0.167. The number of fused-ring (bicyclic) bond motifs is 1. The quantitative estimate of drug-likeness (QED) is 0.264. The van der Waals surface area contributed by atoms with E-state index in [1.165, 1.54) is 42.6 Å². The molecule has 8 nitrogen and oxygen atoms in total. The lowest BCUT2D eigenvalue weighted by Gasteiger charge is -2.23. The van der Waals surface area contributed by atoms with Crippen LogP contribution in [-0.2, 0) is 0 Å². The van der Waals surface area contributed by atoms with Crippen LogP contribution in [0.4, 0.5) is 14.5 Å². The van der Waals surface area contributed by atoms with E-state index in [2.05, 4.69) is 20.7 Å². The number of hydrogen-bond acceptors (Lipinski definition) is 5. The molecule has 2 aromatic carbocycles. The van der Waals surface area contributed by atoms with Gasteiger partial charge < -0.3 is 20.4 Å². The molecule has 1 aliphatic rings. The number of aromatic nitrogens is 3. The molecule has 1 fully saturated rings. The monoisotopic (exact) mass is 541 g/mol. The zero-order valence-corrected chi connectivity index (χ0v) is 21.3. The molecular formula is C30H25F2N5O3. The van der Waals surface area contributed by atoms with Crippen LogP contribution in [0.15, 0.2) is 84.0 Å². The zero-order chi connectivity index (χ0) is 27.6. The van der Waals surface area contributed by atoms with Crippen LogP contribution in [0.25, 0.3) is 16.6 Å². The SMILES string of the molecule is O=C(Nc1ccc(Oc2cc(C3CCNCC3)cn3nccc23)c(F)c1)c1c(-c2ccc(F)cc2)cc[nH]c1=O. The van der Waals surface area contributed by atoms with Gasteiger partial charge >= 0.3 is 0 Å². The molecule has 3 N–H and O–H groups in total. The van der Waals surface area contributed by atoms with Crippen molar-refractivity contribution in [1.82, 2.24) is 19.9 Å². The predicted octanol–water partition coefficient (Wildman–Crippen LogP) is 5.48. The maximum atomic E-state index is 15.2. The molecule has 0 saturated carbocycles. The smallest absolute Gasteiger partial charge is 0.261 e. The van der Waals surface area contributed by atoms with Crippen molar-refractivity contribution in [2.75, 3.05) is 18.4 Å². The summed E-state index contributed by atoms with van der Waals surface area (Å²) in [6.45, 7) is 1.86. The van der Waals surface area contributed by atoms with Gasteiger partial charge in [-0.1, -0.05) is 12.1 Å². The van der Waals surface area contributed by atoms with Crippen molar-refractivity contribution < 1.29 is 18.3 Å². The van der Waals surface area contributed by atoms with Gasteiger partial charge in [0.05, 0.1) is 6.20 Å². The summed E-state index contributed by atoms with van der Waals surface area (Å²) in [5.74, 6) is -1.06. The van der Waals surface area contributed by atoms with Gasteiger partial charge in [-0.05, 0) is 85.4 Å². The Morgan fingerprint density at radius 1 is 1.00 bits per heavy atom. The van der Waals surface area contributed by atoms with Gasteiger partial charge in [0.2, 0.25) is 0 Å². The Balaban J connectivity index is 1.25. The van der Waals surface area contributed by atoms with Crippen molar-refractivity contribution >= 4 is 17.1 Å². The number of aromatic amines is 1. The maximum absolute atomic E-state index is 15.2. The standard InChI is InChI=1S/C30H25F2N5O3/c31-21-3-1-19(2-4-21)23-9-13-34-29(38)28(23)30(39)36-22-5-6-26(24(32)16-22)40-27-15-20(18-7-11-33-12-8-18)17-37-25(27)10-14-35-37/h1-6,9-10,13-18,33H,7-8,11-12H2,(H,34,38)(H,36,39).